The number of rotatable bonds is 2. The molecule has 1 aromatic rings. The fourth-order valence-electron chi connectivity index (χ4n) is 0.254. The summed E-state index contributed by atoms with van der Waals surface area (Å²) < 4.78 is 3.92. The first-order chi connectivity index (χ1) is 4.91. The Balaban J connectivity index is 0.000000162. The van der Waals surface area contributed by atoms with Crippen LogP contribution in [0.25, 0.3) is 0 Å². The summed E-state index contributed by atoms with van der Waals surface area (Å²) in [7, 11) is 0. The van der Waals surface area contributed by atoms with Crippen LogP contribution in [0.1, 0.15) is 0 Å². The monoisotopic (exact) mass is 140 g/mol. The lowest BCUT2D eigenvalue weighted by molar-refractivity contribution is -0.123. The Morgan fingerprint density at radius 3 is 2.60 bits per heavy atom. The Labute approximate surface area is 58.5 Å². The molecular weight excluding hydrogens is 132 g/mol. The van der Waals surface area contributed by atoms with Crippen molar-refractivity contribution in [2.75, 3.05) is 0 Å². The molecule has 1 rings (SSSR count). The lowest BCUT2D eigenvalue weighted by Gasteiger charge is -1.71. The number of carbonyl (C=O) groups is 1. The topological polar surface area (TPSA) is 55.0 Å². The molecule has 0 saturated heterocycles. The first-order valence-corrected chi connectivity index (χ1v) is 2.54. The Morgan fingerprint density at radius 2 is 2.50 bits per heavy atom. The average Bonchev–Trinajstić information content (AvgIpc) is 2.44. The zero-order valence-corrected chi connectivity index (χ0v) is 5.36. The molecule has 0 amide bonds. The van der Waals surface area contributed by atoms with E-state index in [1.165, 1.54) is 0 Å². The van der Waals surface area contributed by atoms with Crippen LogP contribution >= 0.6 is 0 Å². The highest BCUT2D eigenvalue weighted by Crippen LogP contribution is 1.62. The molecule has 0 fully saturated rings. The van der Waals surface area contributed by atoms with E-state index < -0.39 is 0 Å². The van der Waals surface area contributed by atoms with Gasteiger partial charge in [0.2, 0.25) is 0 Å². The van der Waals surface area contributed by atoms with Crippen molar-refractivity contribution in [1.82, 2.24) is 9.97 Å². The molecule has 0 radical (unpaired) electrons. The standard InChI is InChI=1S/C3H4N2.C3H4O2/c1-2-5-3-4-1;1-2-5-3-4/h1-3H,(H,4,5);2-3H,1H2. The van der Waals surface area contributed by atoms with Crippen LogP contribution in [0.4, 0.5) is 0 Å². The van der Waals surface area contributed by atoms with Gasteiger partial charge in [0.05, 0.1) is 12.6 Å². The molecule has 4 heteroatoms. The number of H-pyrrole nitrogens is 1. The third-order valence-corrected chi connectivity index (χ3v) is 0.558. The highest BCUT2D eigenvalue weighted by atomic mass is 16.5. The van der Waals surface area contributed by atoms with Crippen LogP contribution in [0.15, 0.2) is 31.6 Å². The zero-order chi connectivity index (χ0) is 7.66. The second kappa shape index (κ2) is 7.42. The number of carbonyl (C=O) groups excluding carboxylic acids is 1. The van der Waals surface area contributed by atoms with Gasteiger partial charge in [0.15, 0.2) is 0 Å². The maximum Gasteiger partial charge on any atom is 0.297 e. The van der Waals surface area contributed by atoms with Gasteiger partial charge in [-0.05, 0) is 0 Å². The van der Waals surface area contributed by atoms with Gasteiger partial charge in [0.1, 0.15) is 0 Å². The third kappa shape index (κ3) is 6.42. The van der Waals surface area contributed by atoms with Gasteiger partial charge >= 0.3 is 0 Å². The van der Waals surface area contributed by atoms with Crippen LogP contribution in [0.5, 0.6) is 0 Å². The van der Waals surface area contributed by atoms with E-state index in [2.05, 4.69) is 21.3 Å². The van der Waals surface area contributed by atoms with Crippen molar-refractivity contribution in [2.24, 2.45) is 0 Å². The van der Waals surface area contributed by atoms with Gasteiger partial charge in [0.25, 0.3) is 6.47 Å². The molecule has 0 spiro atoms. The number of aromatic nitrogens is 2. The molecule has 0 aromatic carbocycles. The summed E-state index contributed by atoms with van der Waals surface area (Å²) in [6, 6.07) is 0. The van der Waals surface area contributed by atoms with E-state index in [-0.39, 0.29) is 0 Å². The van der Waals surface area contributed by atoms with Gasteiger partial charge in [-0.3, -0.25) is 4.79 Å². The average molecular weight is 140 g/mol. The minimum atomic E-state index is 0.312. The van der Waals surface area contributed by atoms with Crippen LogP contribution in [0.3, 0.4) is 0 Å². The molecule has 0 atom stereocenters. The molecule has 4 nitrogen and oxygen atoms in total. The number of imidazole rings is 1. The second-order valence-corrected chi connectivity index (χ2v) is 1.16. The molecule has 0 aliphatic rings. The predicted molar refractivity (Wildman–Crippen MR) is 35.9 cm³/mol. The number of nitrogens with zero attached hydrogens (tertiary/aromatic N) is 1. The first kappa shape index (κ1) is 8.42. The van der Waals surface area contributed by atoms with Gasteiger partial charge in [0, 0.05) is 12.4 Å². The van der Waals surface area contributed by atoms with Crippen molar-refractivity contribution in [2.45, 2.75) is 0 Å². The highest BCUT2D eigenvalue weighted by Gasteiger charge is 1.56. The van der Waals surface area contributed by atoms with Crippen LogP contribution in [0, 0.1) is 0 Å². The molecule has 1 N–H and O–H groups in total. The molecule has 0 bridgehead atoms. The Hall–Kier alpha value is -1.58. The van der Waals surface area contributed by atoms with Crippen molar-refractivity contribution in [1.29, 1.82) is 0 Å². The van der Waals surface area contributed by atoms with Gasteiger partial charge in [-0.25, -0.2) is 4.98 Å². The zero-order valence-electron chi connectivity index (χ0n) is 5.36. The highest BCUT2D eigenvalue weighted by molar-refractivity contribution is 5.37. The molecule has 1 aromatic heterocycles. The van der Waals surface area contributed by atoms with Crippen LogP contribution in [-0.2, 0) is 9.53 Å². The number of nitrogens with one attached hydrogen (secondary N) is 1. The fraction of sp³-hybridized carbons (Fsp3) is 0. The third-order valence-electron chi connectivity index (χ3n) is 0.558. The first-order valence-electron chi connectivity index (χ1n) is 2.54. The molecule has 0 aliphatic carbocycles. The molecule has 0 aliphatic heterocycles. The molecular formula is C6H8N2O2. The fourth-order valence-corrected chi connectivity index (χ4v) is 0.254. The van der Waals surface area contributed by atoms with Crippen molar-refractivity contribution in [3.8, 4) is 0 Å². The van der Waals surface area contributed by atoms with Crippen LogP contribution in [0.2, 0.25) is 0 Å². The lowest BCUT2D eigenvalue weighted by Crippen LogP contribution is -1.66. The summed E-state index contributed by atoms with van der Waals surface area (Å²) in [6.45, 7) is 3.41. The van der Waals surface area contributed by atoms with Crippen molar-refractivity contribution < 1.29 is 9.53 Å². The predicted octanol–water partition coefficient (Wildman–Crippen LogP) is 0.713. The minimum Gasteiger partial charge on any atom is -0.437 e. The maximum atomic E-state index is 9.11. The second-order valence-electron chi connectivity index (χ2n) is 1.16. The van der Waals surface area contributed by atoms with Crippen molar-refractivity contribution in [3.63, 3.8) is 0 Å². The Morgan fingerprint density at radius 1 is 1.70 bits per heavy atom. The summed E-state index contributed by atoms with van der Waals surface area (Å²) in [5.74, 6) is 0. The molecule has 0 unspecified atom stereocenters. The SMILES string of the molecule is C=COC=O.c1c[nH]cn1. The van der Waals surface area contributed by atoms with E-state index >= 15 is 0 Å². The van der Waals surface area contributed by atoms with E-state index in [1.807, 2.05) is 0 Å². The van der Waals surface area contributed by atoms with Gasteiger partial charge < -0.3 is 9.72 Å². The van der Waals surface area contributed by atoms with Gasteiger partial charge in [-0.2, -0.15) is 0 Å². The molecule has 0 saturated carbocycles. The van der Waals surface area contributed by atoms with E-state index in [9.17, 15) is 0 Å². The van der Waals surface area contributed by atoms with Crippen molar-refractivity contribution in [3.05, 3.63) is 31.6 Å². The minimum absolute atomic E-state index is 0.312. The maximum absolute atomic E-state index is 9.11. The van der Waals surface area contributed by atoms with Crippen molar-refractivity contribution >= 4 is 6.47 Å². The summed E-state index contributed by atoms with van der Waals surface area (Å²) in [5, 5.41) is 0. The number of hydrogen-bond acceptors (Lipinski definition) is 3. The van der Waals surface area contributed by atoms with Gasteiger partial charge in [-0.1, -0.05) is 6.58 Å². The smallest absolute Gasteiger partial charge is 0.297 e. The van der Waals surface area contributed by atoms with Crippen LogP contribution in [-0.4, -0.2) is 16.4 Å². The quantitative estimate of drug-likeness (QED) is 0.486. The summed E-state index contributed by atoms with van der Waals surface area (Å²) in [4.78, 5) is 15.5. The normalized spacial score (nSPS) is 6.80. The molecule has 1 heterocycles. The summed E-state index contributed by atoms with van der Waals surface area (Å²) in [6.07, 6.45) is 6.15. The Bertz CT molecular complexity index is 137. The largest absolute Gasteiger partial charge is 0.437 e. The van der Waals surface area contributed by atoms with Crippen LogP contribution < -0.4 is 0 Å². The molecule has 10 heavy (non-hydrogen) atoms. The van der Waals surface area contributed by atoms with Gasteiger partial charge in [-0.15, -0.1) is 0 Å². The molecule has 54 valence electrons. The Kier molecular flexibility index (Phi) is 6.25. The number of aromatic amines is 1. The summed E-state index contributed by atoms with van der Waals surface area (Å²) in [5.41, 5.74) is 0. The van der Waals surface area contributed by atoms with E-state index in [0.29, 0.717) is 6.47 Å². The van der Waals surface area contributed by atoms with E-state index in [1.54, 1.807) is 18.7 Å². The van der Waals surface area contributed by atoms with E-state index in [4.69, 9.17) is 4.79 Å². The van der Waals surface area contributed by atoms with E-state index in [0.717, 1.165) is 6.26 Å². The lowest BCUT2D eigenvalue weighted by atomic mass is 11.0. The summed E-state index contributed by atoms with van der Waals surface area (Å²) >= 11 is 0. The number of ether oxygens (including phenoxy) is 1. The number of hydrogen-bond donors (Lipinski definition) is 1.